The fraction of sp³-hybridized carbons (Fsp3) is 0.273. The Morgan fingerprint density at radius 1 is 1.44 bits per heavy atom. The molecule has 6 nitrogen and oxygen atoms in total. The lowest BCUT2D eigenvalue weighted by atomic mass is 10.0. The number of aliphatic hydroxyl groups is 2. The number of aliphatic hydroxyl groups excluding tert-OH is 2. The molecule has 0 aliphatic rings. The molecule has 2 atom stereocenters. The highest BCUT2D eigenvalue weighted by molar-refractivity contribution is 9.09. The van der Waals surface area contributed by atoms with E-state index in [0.29, 0.717) is 16.5 Å². The van der Waals surface area contributed by atoms with E-state index in [4.69, 9.17) is 5.11 Å². The van der Waals surface area contributed by atoms with Crippen molar-refractivity contribution in [1.82, 2.24) is 10.2 Å². The van der Waals surface area contributed by atoms with Gasteiger partial charge in [-0.15, -0.1) is 0 Å². The van der Waals surface area contributed by atoms with Gasteiger partial charge in [-0.2, -0.15) is 5.10 Å². The van der Waals surface area contributed by atoms with Gasteiger partial charge in [0.2, 0.25) is 0 Å². The predicted molar refractivity (Wildman–Crippen MR) is 67.8 cm³/mol. The van der Waals surface area contributed by atoms with Crippen molar-refractivity contribution < 1.29 is 20.1 Å². The van der Waals surface area contributed by atoms with E-state index in [0.717, 1.165) is 0 Å². The van der Waals surface area contributed by atoms with Gasteiger partial charge in [0.15, 0.2) is 5.69 Å². The Kier molecular flexibility index (Phi) is 3.65. The van der Waals surface area contributed by atoms with Crippen molar-refractivity contribution in [3.63, 3.8) is 0 Å². The van der Waals surface area contributed by atoms with Crippen LogP contribution in [0.4, 0.5) is 0 Å². The van der Waals surface area contributed by atoms with Gasteiger partial charge in [0, 0.05) is 10.7 Å². The summed E-state index contributed by atoms with van der Waals surface area (Å²) < 4.78 is 0. The maximum absolute atomic E-state index is 10.9. The average molecular weight is 315 g/mol. The molecule has 1 aromatic heterocycles. The number of hydrogen-bond acceptors (Lipinski definition) is 4. The molecule has 0 saturated heterocycles. The highest BCUT2D eigenvalue weighted by Gasteiger charge is 2.19. The fourth-order valence-corrected chi connectivity index (χ4v) is 2.04. The number of rotatable bonds is 4. The number of hydrogen-bond donors (Lipinski definition) is 4. The maximum atomic E-state index is 10.9. The van der Waals surface area contributed by atoms with Crippen molar-refractivity contribution in [2.45, 2.75) is 12.2 Å². The Morgan fingerprint density at radius 3 is 2.78 bits per heavy atom. The molecule has 0 bridgehead atoms. The summed E-state index contributed by atoms with van der Waals surface area (Å²) in [6.45, 7) is 0. The van der Waals surface area contributed by atoms with Crippen LogP contribution in [0, 0.1) is 0 Å². The number of halogens is 1. The van der Waals surface area contributed by atoms with Crippen LogP contribution in [0.25, 0.3) is 10.9 Å². The minimum atomic E-state index is -1.14. The SMILES string of the molecule is O=C(O)c1n[nH]c2ccc(C(O)C(O)CBr)cc12. The van der Waals surface area contributed by atoms with E-state index in [2.05, 4.69) is 26.1 Å². The minimum Gasteiger partial charge on any atom is -0.476 e. The molecule has 1 aromatic carbocycles. The molecule has 96 valence electrons. The molecule has 0 fully saturated rings. The van der Waals surface area contributed by atoms with Crippen LogP contribution in [0.15, 0.2) is 18.2 Å². The van der Waals surface area contributed by atoms with E-state index in [-0.39, 0.29) is 11.0 Å². The molecule has 2 aromatic rings. The second kappa shape index (κ2) is 5.05. The van der Waals surface area contributed by atoms with Crippen molar-refractivity contribution in [2.24, 2.45) is 0 Å². The van der Waals surface area contributed by atoms with Crippen LogP contribution in [0.2, 0.25) is 0 Å². The van der Waals surface area contributed by atoms with Gasteiger partial charge in [-0.05, 0) is 17.7 Å². The first kappa shape index (κ1) is 13.0. The molecule has 1 heterocycles. The van der Waals surface area contributed by atoms with Crippen molar-refractivity contribution in [2.75, 3.05) is 5.33 Å². The van der Waals surface area contributed by atoms with Crippen LogP contribution >= 0.6 is 15.9 Å². The molecule has 0 radical (unpaired) electrons. The van der Waals surface area contributed by atoms with Crippen LogP contribution in [0.3, 0.4) is 0 Å². The number of aromatic amines is 1. The van der Waals surface area contributed by atoms with Crippen molar-refractivity contribution in [3.05, 3.63) is 29.5 Å². The quantitative estimate of drug-likeness (QED) is 0.631. The molecular weight excluding hydrogens is 304 g/mol. The van der Waals surface area contributed by atoms with Crippen molar-refractivity contribution >= 4 is 32.8 Å². The molecule has 0 saturated carbocycles. The predicted octanol–water partition coefficient (Wildman–Crippen LogP) is 1.05. The smallest absolute Gasteiger partial charge is 0.357 e. The molecular formula is C11H11BrN2O4. The first-order valence-corrected chi connectivity index (χ1v) is 6.30. The van der Waals surface area contributed by atoms with Crippen LogP contribution in [-0.2, 0) is 0 Å². The van der Waals surface area contributed by atoms with Gasteiger partial charge in [-0.3, -0.25) is 5.10 Å². The summed E-state index contributed by atoms with van der Waals surface area (Å²) in [5, 5.41) is 35.3. The van der Waals surface area contributed by atoms with Crippen LogP contribution < -0.4 is 0 Å². The van der Waals surface area contributed by atoms with Gasteiger partial charge in [0.05, 0.1) is 11.6 Å². The summed E-state index contributed by atoms with van der Waals surface area (Å²) in [6, 6.07) is 4.75. The van der Waals surface area contributed by atoms with Gasteiger partial charge in [-0.1, -0.05) is 22.0 Å². The standard InChI is InChI=1S/C11H11BrN2O4/c12-4-8(15)10(16)5-1-2-7-6(3-5)9(11(17)18)14-13-7/h1-3,8,10,15-16H,4H2,(H,13,14)(H,17,18). The normalized spacial score (nSPS) is 14.6. The van der Waals surface area contributed by atoms with Gasteiger partial charge in [0.1, 0.15) is 6.10 Å². The van der Waals surface area contributed by atoms with Crippen LogP contribution in [0.5, 0.6) is 0 Å². The van der Waals surface area contributed by atoms with E-state index in [9.17, 15) is 15.0 Å². The summed E-state index contributed by atoms with van der Waals surface area (Å²) >= 11 is 3.07. The van der Waals surface area contributed by atoms with Crippen LogP contribution in [0.1, 0.15) is 22.2 Å². The Morgan fingerprint density at radius 2 is 2.17 bits per heavy atom. The largest absolute Gasteiger partial charge is 0.476 e. The lowest BCUT2D eigenvalue weighted by Crippen LogP contribution is -2.19. The first-order chi connectivity index (χ1) is 8.54. The number of nitrogens with one attached hydrogen (secondary N) is 1. The molecule has 0 aliphatic carbocycles. The molecule has 2 rings (SSSR count). The average Bonchev–Trinajstić information content (AvgIpc) is 2.79. The lowest BCUT2D eigenvalue weighted by Gasteiger charge is -2.15. The number of aromatic carboxylic acids is 1. The number of carbonyl (C=O) groups is 1. The van der Waals surface area contributed by atoms with Gasteiger partial charge >= 0.3 is 5.97 Å². The van der Waals surface area contributed by atoms with E-state index in [1.54, 1.807) is 12.1 Å². The van der Waals surface area contributed by atoms with Crippen molar-refractivity contribution in [3.8, 4) is 0 Å². The zero-order valence-electron chi connectivity index (χ0n) is 9.17. The van der Waals surface area contributed by atoms with E-state index in [1.807, 2.05) is 0 Å². The highest BCUT2D eigenvalue weighted by Crippen LogP contribution is 2.24. The zero-order valence-corrected chi connectivity index (χ0v) is 10.8. The Bertz CT molecular complexity index is 583. The van der Waals surface area contributed by atoms with Crippen LogP contribution in [-0.4, -0.2) is 42.9 Å². The summed E-state index contributed by atoms with van der Waals surface area (Å²) in [5.41, 5.74) is 0.905. The lowest BCUT2D eigenvalue weighted by molar-refractivity contribution is 0.0343. The molecule has 7 heteroatoms. The summed E-state index contributed by atoms with van der Waals surface area (Å²) in [7, 11) is 0. The second-order valence-corrected chi connectivity index (χ2v) is 4.50. The Hall–Kier alpha value is -1.44. The van der Waals surface area contributed by atoms with E-state index >= 15 is 0 Å². The number of carboxylic acid groups (broad SMARTS) is 1. The zero-order chi connectivity index (χ0) is 13.3. The third-order valence-electron chi connectivity index (χ3n) is 2.65. The summed E-state index contributed by atoms with van der Waals surface area (Å²) in [5.74, 6) is -1.14. The Balaban J connectivity index is 2.48. The van der Waals surface area contributed by atoms with Gasteiger partial charge in [0.25, 0.3) is 0 Å². The Labute approximate surface area is 110 Å². The summed E-state index contributed by atoms with van der Waals surface area (Å²) in [6.07, 6.45) is -2.03. The number of H-pyrrole nitrogens is 1. The van der Waals surface area contributed by atoms with Gasteiger partial charge < -0.3 is 15.3 Å². The number of aromatic nitrogens is 2. The first-order valence-electron chi connectivity index (χ1n) is 5.18. The number of benzene rings is 1. The molecule has 18 heavy (non-hydrogen) atoms. The maximum Gasteiger partial charge on any atom is 0.357 e. The third-order valence-corrected chi connectivity index (χ3v) is 3.32. The molecule has 2 unspecified atom stereocenters. The third kappa shape index (κ3) is 2.24. The number of carboxylic acids is 1. The highest BCUT2D eigenvalue weighted by atomic mass is 79.9. The monoisotopic (exact) mass is 314 g/mol. The molecule has 0 aliphatic heterocycles. The second-order valence-electron chi connectivity index (χ2n) is 3.85. The van der Waals surface area contributed by atoms with E-state index < -0.39 is 18.2 Å². The minimum absolute atomic E-state index is 0.104. The van der Waals surface area contributed by atoms with Crippen molar-refractivity contribution in [1.29, 1.82) is 0 Å². The topological polar surface area (TPSA) is 106 Å². The molecule has 0 amide bonds. The molecule has 0 spiro atoms. The molecule has 4 N–H and O–H groups in total. The fourth-order valence-electron chi connectivity index (χ4n) is 1.69. The summed E-state index contributed by atoms with van der Waals surface area (Å²) in [4.78, 5) is 10.9. The number of alkyl halides is 1. The van der Waals surface area contributed by atoms with Gasteiger partial charge in [-0.25, -0.2) is 4.79 Å². The number of nitrogens with zero attached hydrogens (tertiary/aromatic N) is 1. The van der Waals surface area contributed by atoms with E-state index in [1.165, 1.54) is 6.07 Å². The number of fused-ring (bicyclic) bond motifs is 1.